The van der Waals surface area contributed by atoms with E-state index < -0.39 is 0 Å². The van der Waals surface area contributed by atoms with Crippen molar-refractivity contribution in [3.05, 3.63) is 35.3 Å². The second-order valence-electron chi connectivity index (χ2n) is 3.56. The topological polar surface area (TPSA) is 30.2 Å². The van der Waals surface area contributed by atoms with Crippen LogP contribution < -0.4 is 0 Å². The quantitative estimate of drug-likeness (QED) is 0.685. The van der Waals surface area contributed by atoms with Gasteiger partial charge in [0, 0.05) is 6.42 Å². The lowest BCUT2D eigenvalue weighted by atomic mass is 10.0. The largest absolute Gasteiger partial charge is 0.469 e. The Morgan fingerprint density at radius 3 is 3.07 bits per heavy atom. The first-order valence-electron chi connectivity index (χ1n) is 5.13. The maximum atomic E-state index is 12.0. The van der Waals surface area contributed by atoms with Crippen LogP contribution in [-0.2, 0) is 6.42 Å². The molecule has 1 aliphatic carbocycles. The molecule has 0 N–H and O–H groups in total. The van der Waals surface area contributed by atoms with E-state index in [0.717, 1.165) is 42.6 Å². The van der Waals surface area contributed by atoms with Gasteiger partial charge < -0.3 is 4.42 Å². The molecule has 0 unspecified atom stereocenters. The van der Waals surface area contributed by atoms with E-state index in [1.165, 1.54) is 0 Å². The molecule has 0 amide bonds. The van der Waals surface area contributed by atoms with Gasteiger partial charge in [0.2, 0.25) is 0 Å². The minimum Gasteiger partial charge on any atom is -0.469 e. The average molecular weight is 190 g/mol. The summed E-state index contributed by atoms with van der Waals surface area (Å²) >= 11 is 0. The van der Waals surface area contributed by atoms with E-state index in [1.54, 1.807) is 12.3 Å². The number of ketones is 1. The molecule has 0 atom stereocenters. The molecule has 1 aromatic rings. The van der Waals surface area contributed by atoms with Crippen LogP contribution in [0.1, 0.15) is 42.3 Å². The van der Waals surface area contributed by atoms with Gasteiger partial charge in [0.1, 0.15) is 5.76 Å². The molecular weight excluding hydrogens is 176 g/mol. The van der Waals surface area contributed by atoms with Crippen LogP contribution in [0.5, 0.6) is 0 Å². The molecule has 0 saturated heterocycles. The monoisotopic (exact) mass is 190 g/mol. The number of rotatable bonds is 3. The molecule has 0 saturated carbocycles. The summed E-state index contributed by atoms with van der Waals surface area (Å²) in [5, 5.41) is 0. The Hall–Kier alpha value is -1.31. The highest BCUT2D eigenvalue weighted by atomic mass is 16.3. The maximum Gasteiger partial charge on any atom is 0.192 e. The third kappa shape index (κ3) is 1.52. The number of hydrogen-bond acceptors (Lipinski definition) is 2. The van der Waals surface area contributed by atoms with Crippen molar-refractivity contribution in [1.29, 1.82) is 0 Å². The van der Waals surface area contributed by atoms with E-state index in [-0.39, 0.29) is 5.78 Å². The zero-order chi connectivity index (χ0) is 9.97. The summed E-state index contributed by atoms with van der Waals surface area (Å²) in [5.74, 6) is 0.968. The highest BCUT2D eigenvalue weighted by molar-refractivity contribution is 6.09. The first-order chi connectivity index (χ1) is 6.83. The van der Waals surface area contributed by atoms with Gasteiger partial charge in [-0.05, 0) is 30.9 Å². The molecule has 0 aromatic carbocycles. The molecule has 0 spiro atoms. The Kier molecular flexibility index (Phi) is 2.53. The van der Waals surface area contributed by atoms with Crippen molar-refractivity contribution < 1.29 is 9.21 Å². The Labute approximate surface area is 83.6 Å². The smallest absolute Gasteiger partial charge is 0.192 e. The number of hydrogen-bond donors (Lipinski definition) is 0. The fraction of sp³-hybridized carbons (Fsp3) is 0.417. The molecule has 2 rings (SSSR count). The molecular formula is C12H14O2. The van der Waals surface area contributed by atoms with Gasteiger partial charge in [0.05, 0.1) is 11.8 Å². The van der Waals surface area contributed by atoms with E-state index in [4.69, 9.17) is 4.42 Å². The summed E-state index contributed by atoms with van der Waals surface area (Å²) in [6.07, 6.45) is 7.51. The third-order valence-electron chi connectivity index (χ3n) is 2.64. The van der Waals surface area contributed by atoms with Crippen molar-refractivity contribution in [3.8, 4) is 0 Å². The maximum absolute atomic E-state index is 12.0. The van der Waals surface area contributed by atoms with E-state index in [2.05, 4.69) is 6.08 Å². The van der Waals surface area contributed by atoms with Gasteiger partial charge in [-0.15, -0.1) is 0 Å². The zero-order valence-corrected chi connectivity index (χ0v) is 8.38. The standard InChI is InChI=1S/C12H14O2/c1-2-11-10(7-8-14-11)12(13)9-5-3-4-6-9/h5,7-8H,2-4,6H2,1H3. The Morgan fingerprint density at radius 2 is 2.43 bits per heavy atom. The molecule has 0 bridgehead atoms. The lowest BCUT2D eigenvalue weighted by Gasteiger charge is -2.00. The van der Waals surface area contributed by atoms with Gasteiger partial charge in [-0.2, -0.15) is 0 Å². The highest BCUT2D eigenvalue weighted by Gasteiger charge is 2.19. The van der Waals surface area contributed by atoms with Gasteiger partial charge in [-0.1, -0.05) is 13.0 Å². The summed E-state index contributed by atoms with van der Waals surface area (Å²) in [6.45, 7) is 2.00. The van der Waals surface area contributed by atoms with Crippen LogP contribution in [-0.4, -0.2) is 5.78 Å². The van der Waals surface area contributed by atoms with Crippen LogP contribution in [0.25, 0.3) is 0 Å². The molecule has 1 aromatic heterocycles. The summed E-state index contributed by atoms with van der Waals surface area (Å²) in [5.41, 5.74) is 1.71. The minimum absolute atomic E-state index is 0.160. The first-order valence-corrected chi connectivity index (χ1v) is 5.13. The van der Waals surface area contributed by atoms with Gasteiger partial charge in [-0.25, -0.2) is 0 Å². The zero-order valence-electron chi connectivity index (χ0n) is 8.38. The van der Waals surface area contributed by atoms with Crippen molar-refractivity contribution in [2.45, 2.75) is 32.6 Å². The van der Waals surface area contributed by atoms with Crippen LogP contribution >= 0.6 is 0 Å². The number of furan rings is 1. The lowest BCUT2D eigenvalue weighted by molar-refractivity contribution is 0.103. The van der Waals surface area contributed by atoms with Crippen LogP contribution in [0.4, 0.5) is 0 Å². The number of aryl methyl sites for hydroxylation is 1. The first kappa shape index (κ1) is 9.25. The van der Waals surface area contributed by atoms with Crippen LogP contribution in [0, 0.1) is 0 Å². The van der Waals surface area contributed by atoms with E-state index in [0.29, 0.717) is 0 Å². The van der Waals surface area contributed by atoms with Gasteiger partial charge in [0.25, 0.3) is 0 Å². The summed E-state index contributed by atoms with van der Waals surface area (Å²) in [6, 6.07) is 1.78. The van der Waals surface area contributed by atoms with Crippen molar-refractivity contribution >= 4 is 5.78 Å². The van der Waals surface area contributed by atoms with Gasteiger partial charge >= 0.3 is 0 Å². The third-order valence-corrected chi connectivity index (χ3v) is 2.64. The molecule has 1 aliphatic rings. The summed E-state index contributed by atoms with van der Waals surface area (Å²) in [7, 11) is 0. The second kappa shape index (κ2) is 3.82. The lowest BCUT2D eigenvalue weighted by Crippen LogP contribution is -2.02. The minimum atomic E-state index is 0.160. The molecule has 2 nitrogen and oxygen atoms in total. The van der Waals surface area contributed by atoms with Crippen LogP contribution in [0.15, 0.2) is 28.4 Å². The van der Waals surface area contributed by atoms with Crippen molar-refractivity contribution in [1.82, 2.24) is 0 Å². The number of carbonyl (C=O) groups excluding carboxylic acids is 1. The van der Waals surface area contributed by atoms with Gasteiger partial charge in [-0.3, -0.25) is 4.79 Å². The van der Waals surface area contributed by atoms with Crippen LogP contribution in [0.3, 0.4) is 0 Å². The fourth-order valence-electron chi connectivity index (χ4n) is 1.87. The predicted octanol–water partition coefficient (Wildman–Crippen LogP) is 3.14. The molecule has 14 heavy (non-hydrogen) atoms. The van der Waals surface area contributed by atoms with E-state index >= 15 is 0 Å². The van der Waals surface area contributed by atoms with E-state index in [9.17, 15) is 4.79 Å². The fourth-order valence-corrected chi connectivity index (χ4v) is 1.87. The molecule has 74 valence electrons. The normalized spacial score (nSPS) is 15.6. The van der Waals surface area contributed by atoms with Gasteiger partial charge in [0.15, 0.2) is 5.78 Å². The Balaban J connectivity index is 2.26. The summed E-state index contributed by atoms with van der Waals surface area (Å²) < 4.78 is 5.25. The average Bonchev–Trinajstić information content (AvgIpc) is 2.87. The molecule has 2 heteroatoms. The molecule has 0 aliphatic heterocycles. The van der Waals surface area contributed by atoms with Crippen LogP contribution in [0.2, 0.25) is 0 Å². The van der Waals surface area contributed by atoms with Crippen molar-refractivity contribution in [2.24, 2.45) is 0 Å². The molecule has 0 radical (unpaired) electrons. The predicted molar refractivity (Wildman–Crippen MR) is 54.4 cm³/mol. The van der Waals surface area contributed by atoms with Crippen molar-refractivity contribution in [3.63, 3.8) is 0 Å². The summed E-state index contributed by atoms with van der Waals surface area (Å²) in [4.78, 5) is 12.0. The van der Waals surface area contributed by atoms with Crippen molar-refractivity contribution in [2.75, 3.05) is 0 Å². The number of allylic oxidation sites excluding steroid dienone is 2. The number of carbonyl (C=O) groups is 1. The molecule has 1 heterocycles. The van der Waals surface area contributed by atoms with E-state index in [1.807, 2.05) is 6.92 Å². The highest BCUT2D eigenvalue weighted by Crippen LogP contribution is 2.24. The Bertz CT molecular complexity index is 371. The molecule has 0 fully saturated rings. The SMILES string of the molecule is CCc1occc1C(=O)C1=CCCC1. The Morgan fingerprint density at radius 1 is 1.57 bits per heavy atom. The second-order valence-corrected chi connectivity index (χ2v) is 3.56. The number of Topliss-reactive ketones (excluding diaryl/α,β-unsaturated/α-hetero) is 1.